The standard InChI is InChI=1S/C28H34N2/c1-9-11-12-23(7)29-24(8)18-25-13-14-26(16-21(25)5)27(10-2)30-28-17-20(4)19(3)15-22(28)6/h10-17,29H,6-9,18H2,1-5H3/b12-11-,27-10-,30-28?. The van der Waals surface area contributed by atoms with E-state index >= 15 is 0 Å². The topological polar surface area (TPSA) is 24.4 Å². The van der Waals surface area contributed by atoms with E-state index in [9.17, 15) is 0 Å². The lowest BCUT2D eigenvalue weighted by Gasteiger charge is -2.15. The molecule has 30 heavy (non-hydrogen) atoms. The maximum atomic E-state index is 4.90. The quantitative estimate of drug-likeness (QED) is 0.454. The van der Waals surface area contributed by atoms with E-state index in [0.717, 1.165) is 46.8 Å². The van der Waals surface area contributed by atoms with Gasteiger partial charge in [-0.2, -0.15) is 0 Å². The van der Waals surface area contributed by atoms with Gasteiger partial charge < -0.3 is 5.32 Å². The first-order valence-corrected chi connectivity index (χ1v) is 10.5. The number of hydrogen-bond acceptors (Lipinski definition) is 2. The van der Waals surface area contributed by atoms with Crippen LogP contribution in [-0.4, -0.2) is 5.71 Å². The number of nitrogens with one attached hydrogen (secondary N) is 1. The van der Waals surface area contributed by atoms with Gasteiger partial charge in [-0.3, -0.25) is 0 Å². The van der Waals surface area contributed by atoms with Gasteiger partial charge in [0.15, 0.2) is 0 Å². The summed E-state index contributed by atoms with van der Waals surface area (Å²) >= 11 is 0. The smallest absolute Gasteiger partial charge is 0.0706 e. The number of benzene rings is 1. The lowest BCUT2D eigenvalue weighted by molar-refractivity contribution is 0.937. The Morgan fingerprint density at radius 2 is 1.80 bits per heavy atom. The van der Waals surface area contributed by atoms with E-state index in [1.807, 2.05) is 19.1 Å². The van der Waals surface area contributed by atoms with Crippen molar-refractivity contribution in [2.75, 3.05) is 0 Å². The first kappa shape index (κ1) is 23.2. The summed E-state index contributed by atoms with van der Waals surface area (Å²) in [5.74, 6) is 0. The number of aliphatic imine (C=N–C) groups is 1. The van der Waals surface area contributed by atoms with E-state index < -0.39 is 0 Å². The fourth-order valence-corrected chi connectivity index (χ4v) is 3.25. The Labute approximate surface area is 182 Å². The van der Waals surface area contributed by atoms with Crippen molar-refractivity contribution < 1.29 is 0 Å². The molecular formula is C28H34N2. The summed E-state index contributed by atoms with van der Waals surface area (Å²) in [7, 11) is 0. The number of aryl methyl sites for hydroxylation is 1. The molecule has 0 fully saturated rings. The van der Waals surface area contributed by atoms with Crippen molar-refractivity contribution in [3.05, 3.63) is 113 Å². The fourth-order valence-electron chi connectivity index (χ4n) is 3.25. The van der Waals surface area contributed by atoms with E-state index in [4.69, 9.17) is 4.99 Å². The van der Waals surface area contributed by atoms with Crippen molar-refractivity contribution in [2.24, 2.45) is 4.99 Å². The van der Waals surface area contributed by atoms with Gasteiger partial charge >= 0.3 is 0 Å². The monoisotopic (exact) mass is 398 g/mol. The molecule has 0 aliphatic heterocycles. The highest BCUT2D eigenvalue weighted by Gasteiger charge is 2.11. The molecule has 0 spiro atoms. The van der Waals surface area contributed by atoms with E-state index in [0.29, 0.717) is 0 Å². The molecule has 2 nitrogen and oxygen atoms in total. The second-order valence-corrected chi connectivity index (χ2v) is 7.73. The van der Waals surface area contributed by atoms with Crippen LogP contribution in [-0.2, 0) is 6.42 Å². The molecule has 1 aromatic carbocycles. The van der Waals surface area contributed by atoms with Crippen LogP contribution in [0.5, 0.6) is 0 Å². The van der Waals surface area contributed by atoms with Gasteiger partial charge in [-0.15, -0.1) is 0 Å². The first-order chi connectivity index (χ1) is 14.2. The predicted octanol–water partition coefficient (Wildman–Crippen LogP) is 7.38. The third-order valence-electron chi connectivity index (χ3n) is 5.14. The van der Waals surface area contributed by atoms with Crippen LogP contribution >= 0.6 is 0 Å². The molecule has 0 radical (unpaired) electrons. The Morgan fingerprint density at radius 3 is 2.43 bits per heavy atom. The van der Waals surface area contributed by atoms with E-state index in [1.165, 1.54) is 22.3 Å². The molecule has 0 amide bonds. The Kier molecular flexibility index (Phi) is 8.17. The van der Waals surface area contributed by atoms with Crippen molar-refractivity contribution >= 4 is 11.4 Å². The van der Waals surface area contributed by atoms with Gasteiger partial charge in [-0.25, -0.2) is 4.99 Å². The van der Waals surface area contributed by atoms with Crippen LogP contribution in [0, 0.1) is 6.92 Å². The lowest BCUT2D eigenvalue weighted by Crippen LogP contribution is -2.12. The molecule has 1 aromatic rings. The average Bonchev–Trinajstić information content (AvgIpc) is 2.69. The van der Waals surface area contributed by atoms with Gasteiger partial charge in [0.2, 0.25) is 0 Å². The maximum Gasteiger partial charge on any atom is 0.0706 e. The molecule has 0 unspecified atom stereocenters. The van der Waals surface area contributed by atoms with Crippen LogP contribution in [0.15, 0.2) is 101 Å². The highest BCUT2D eigenvalue weighted by atomic mass is 14.9. The van der Waals surface area contributed by atoms with E-state index in [-0.39, 0.29) is 0 Å². The van der Waals surface area contributed by atoms with Crippen LogP contribution < -0.4 is 5.32 Å². The van der Waals surface area contributed by atoms with Gasteiger partial charge in [-0.05, 0) is 80.2 Å². The van der Waals surface area contributed by atoms with Gasteiger partial charge in [0.25, 0.3) is 0 Å². The molecule has 1 aliphatic rings. The summed E-state index contributed by atoms with van der Waals surface area (Å²) in [4.78, 5) is 4.90. The fraction of sp³-hybridized carbons (Fsp3) is 0.250. The Morgan fingerprint density at radius 1 is 1.10 bits per heavy atom. The minimum absolute atomic E-state index is 0.758. The van der Waals surface area contributed by atoms with Crippen molar-refractivity contribution in [3.8, 4) is 0 Å². The molecule has 0 bridgehead atoms. The SMILES string of the molecule is C=C(/C=C\CC)NC(=C)Cc1ccc(/C(=C/C)N=C2C=C(C)C(C)=CC2=C)cc1C. The molecule has 0 aromatic heterocycles. The molecule has 1 aliphatic carbocycles. The highest BCUT2D eigenvalue weighted by molar-refractivity contribution is 6.13. The molecule has 0 atom stereocenters. The minimum Gasteiger partial charge on any atom is -0.360 e. The summed E-state index contributed by atoms with van der Waals surface area (Å²) in [6.45, 7) is 22.8. The normalized spacial score (nSPS) is 16.0. The van der Waals surface area contributed by atoms with Crippen molar-refractivity contribution in [3.63, 3.8) is 0 Å². The summed E-state index contributed by atoms with van der Waals surface area (Å²) < 4.78 is 0. The zero-order chi connectivity index (χ0) is 22.3. The minimum atomic E-state index is 0.758. The summed E-state index contributed by atoms with van der Waals surface area (Å²) in [5.41, 5.74) is 10.6. The Balaban J connectivity index is 2.18. The van der Waals surface area contributed by atoms with Crippen LogP contribution in [0.3, 0.4) is 0 Å². The Hall–Kier alpha value is -3.13. The summed E-state index contributed by atoms with van der Waals surface area (Å²) in [5, 5.41) is 3.28. The molecule has 2 heteroatoms. The second-order valence-electron chi connectivity index (χ2n) is 7.73. The second kappa shape index (κ2) is 10.6. The van der Waals surface area contributed by atoms with E-state index in [2.05, 4.69) is 89.2 Å². The predicted molar refractivity (Wildman–Crippen MR) is 133 cm³/mol. The van der Waals surface area contributed by atoms with Crippen LogP contribution in [0.4, 0.5) is 0 Å². The summed E-state index contributed by atoms with van der Waals surface area (Å²) in [6.07, 6.45) is 12.1. The van der Waals surface area contributed by atoms with Crippen LogP contribution in [0.1, 0.15) is 50.8 Å². The highest BCUT2D eigenvalue weighted by Crippen LogP contribution is 2.25. The average molecular weight is 399 g/mol. The van der Waals surface area contributed by atoms with Gasteiger partial charge in [0, 0.05) is 23.4 Å². The number of rotatable bonds is 8. The van der Waals surface area contributed by atoms with Gasteiger partial charge in [0.05, 0.1) is 11.4 Å². The summed E-state index contributed by atoms with van der Waals surface area (Å²) in [6, 6.07) is 6.48. The van der Waals surface area contributed by atoms with E-state index in [1.54, 1.807) is 0 Å². The molecule has 2 rings (SSSR count). The molecule has 156 valence electrons. The number of nitrogens with zero attached hydrogens (tertiary/aromatic N) is 1. The molecule has 0 heterocycles. The lowest BCUT2D eigenvalue weighted by atomic mass is 9.95. The zero-order valence-corrected chi connectivity index (χ0v) is 19.1. The largest absolute Gasteiger partial charge is 0.360 e. The van der Waals surface area contributed by atoms with Crippen molar-refractivity contribution in [1.29, 1.82) is 0 Å². The van der Waals surface area contributed by atoms with Gasteiger partial charge in [-0.1, -0.05) is 57.0 Å². The Bertz CT molecular complexity index is 1010. The molecular weight excluding hydrogens is 364 g/mol. The molecule has 1 N–H and O–H groups in total. The molecule has 0 saturated heterocycles. The number of hydrogen-bond donors (Lipinski definition) is 1. The first-order valence-electron chi connectivity index (χ1n) is 10.5. The third-order valence-corrected chi connectivity index (χ3v) is 5.14. The van der Waals surface area contributed by atoms with Gasteiger partial charge in [0.1, 0.15) is 0 Å². The van der Waals surface area contributed by atoms with Crippen LogP contribution in [0.2, 0.25) is 0 Å². The maximum absolute atomic E-state index is 4.90. The third kappa shape index (κ3) is 6.18. The van der Waals surface area contributed by atoms with Crippen LogP contribution in [0.25, 0.3) is 5.70 Å². The van der Waals surface area contributed by atoms with Crippen molar-refractivity contribution in [1.82, 2.24) is 5.32 Å². The zero-order valence-electron chi connectivity index (χ0n) is 19.1. The van der Waals surface area contributed by atoms with Crippen molar-refractivity contribution in [2.45, 2.75) is 47.5 Å². The molecule has 0 saturated carbocycles. The number of allylic oxidation sites excluding steroid dienone is 9.